The Morgan fingerprint density at radius 2 is 1.61 bits per heavy atom. The molecule has 0 amide bonds. The van der Waals surface area contributed by atoms with Crippen molar-refractivity contribution < 1.29 is 0 Å². The van der Waals surface area contributed by atoms with Crippen LogP contribution >= 0.6 is 11.3 Å². The van der Waals surface area contributed by atoms with Crippen LogP contribution in [0.15, 0.2) is 54.6 Å². The SMILES string of the molecule is CC(C)(C)c1nc(Nc2nnc(C(C#N)c3ccccc3)c3ccccc23)sc1C#N. The highest BCUT2D eigenvalue weighted by atomic mass is 32.1. The highest BCUT2D eigenvalue weighted by molar-refractivity contribution is 7.16. The van der Waals surface area contributed by atoms with E-state index in [1.54, 1.807) is 0 Å². The molecule has 6 nitrogen and oxygen atoms in total. The molecule has 1 unspecified atom stereocenters. The molecule has 0 saturated carbocycles. The average molecular weight is 425 g/mol. The number of rotatable bonds is 4. The van der Waals surface area contributed by atoms with E-state index < -0.39 is 5.92 Å². The lowest BCUT2D eigenvalue weighted by molar-refractivity contribution is 0.572. The van der Waals surface area contributed by atoms with Gasteiger partial charge in [-0.25, -0.2) is 4.98 Å². The van der Waals surface area contributed by atoms with Gasteiger partial charge in [0.1, 0.15) is 16.9 Å². The Kier molecular flexibility index (Phi) is 5.37. The van der Waals surface area contributed by atoms with Crippen LogP contribution in [-0.4, -0.2) is 15.2 Å². The van der Waals surface area contributed by atoms with Crippen LogP contribution in [0, 0.1) is 22.7 Å². The Balaban J connectivity index is 1.79. The van der Waals surface area contributed by atoms with E-state index in [4.69, 9.17) is 0 Å². The van der Waals surface area contributed by atoms with Crippen molar-refractivity contribution in [3.05, 3.63) is 76.4 Å². The summed E-state index contributed by atoms with van der Waals surface area (Å²) in [4.78, 5) is 5.22. The topological polar surface area (TPSA) is 98.3 Å². The van der Waals surface area contributed by atoms with Crippen LogP contribution in [0.4, 0.5) is 10.9 Å². The highest BCUT2D eigenvalue weighted by Crippen LogP contribution is 2.35. The van der Waals surface area contributed by atoms with Gasteiger partial charge in [0.2, 0.25) is 0 Å². The monoisotopic (exact) mass is 424 g/mol. The molecule has 2 heterocycles. The lowest BCUT2D eigenvalue weighted by Gasteiger charge is -2.15. The van der Waals surface area contributed by atoms with Crippen molar-refractivity contribution in [2.45, 2.75) is 32.1 Å². The minimum atomic E-state index is -0.523. The largest absolute Gasteiger partial charge is 0.314 e. The third-order valence-corrected chi connectivity index (χ3v) is 5.79. The van der Waals surface area contributed by atoms with Gasteiger partial charge in [-0.15, -0.1) is 5.10 Å². The first kappa shape index (κ1) is 20.5. The Morgan fingerprint density at radius 3 is 2.23 bits per heavy atom. The van der Waals surface area contributed by atoms with Gasteiger partial charge in [0.05, 0.1) is 17.5 Å². The zero-order valence-corrected chi connectivity index (χ0v) is 18.2. The van der Waals surface area contributed by atoms with Crippen molar-refractivity contribution >= 4 is 33.1 Å². The Morgan fingerprint density at radius 1 is 0.935 bits per heavy atom. The molecule has 4 rings (SSSR count). The summed E-state index contributed by atoms with van der Waals surface area (Å²) in [7, 11) is 0. The van der Waals surface area contributed by atoms with Crippen LogP contribution in [0.2, 0.25) is 0 Å². The molecule has 4 aromatic rings. The summed E-state index contributed by atoms with van der Waals surface area (Å²) in [5, 5.41) is 33.7. The summed E-state index contributed by atoms with van der Waals surface area (Å²) in [5.41, 5.74) is 2.00. The van der Waals surface area contributed by atoms with E-state index in [1.165, 1.54) is 11.3 Å². The fourth-order valence-corrected chi connectivity index (χ4v) is 4.40. The lowest BCUT2D eigenvalue weighted by Crippen LogP contribution is -2.13. The molecule has 0 spiro atoms. The van der Waals surface area contributed by atoms with Gasteiger partial charge in [-0.3, -0.25) is 0 Å². The van der Waals surface area contributed by atoms with Crippen LogP contribution < -0.4 is 5.32 Å². The van der Waals surface area contributed by atoms with Crippen molar-refractivity contribution in [2.75, 3.05) is 5.32 Å². The maximum absolute atomic E-state index is 9.86. The number of anilines is 2. The molecule has 0 aliphatic carbocycles. The second-order valence-electron chi connectivity index (χ2n) is 8.14. The molecule has 0 bridgehead atoms. The first-order chi connectivity index (χ1) is 14.9. The third kappa shape index (κ3) is 3.96. The summed E-state index contributed by atoms with van der Waals surface area (Å²) in [6.07, 6.45) is 0. The van der Waals surface area contributed by atoms with E-state index in [0.29, 0.717) is 21.5 Å². The minimum Gasteiger partial charge on any atom is -0.314 e. The highest BCUT2D eigenvalue weighted by Gasteiger charge is 2.24. The first-order valence-electron chi connectivity index (χ1n) is 9.80. The molecule has 2 aromatic carbocycles. The normalized spacial score (nSPS) is 12.2. The third-order valence-electron chi connectivity index (χ3n) is 4.92. The number of hydrogen-bond acceptors (Lipinski definition) is 7. The van der Waals surface area contributed by atoms with Crippen LogP contribution in [0.1, 0.15) is 48.5 Å². The van der Waals surface area contributed by atoms with Gasteiger partial charge in [0.25, 0.3) is 0 Å². The van der Waals surface area contributed by atoms with Crippen molar-refractivity contribution in [3.8, 4) is 12.1 Å². The molecule has 152 valence electrons. The van der Waals surface area contributed by atoms with Gasteiger partial charge in [-0.2, -0.15) is 15.6 Å². The van der Waals surface area contributed by atoms with Crippen LogP contribution in [-0.2, 0) is 5.41 Å². The Labute approximate surface area is 184 Å². The molecule has 0 saturated heterocycles. The number of benzene rings is 2. The second-order valence-corrected chi connectivity index (χ2v) is 9.13. The number of nitrogens with zero attached hydrogens (tertiary/aromatic N) is 5. The van der Waals surface area contributed by atoms with E-state index in [2.05, 4.69) is 32.6 Å². The Hall–Kier alpha value is -3.81. The molecule has 1 N–H and O–H groups in total. The average Bonchev–Trinajstić information content (AvgIpc) is 3.20. The second kappa shape index (κ2) is 8.14. The van der Waals surface area contributed by atoms with Gasteiger partial charge in [-0.1, -0.05) is 86.7 Å². The fourth-order valence-electron chi connectivity index (χ4n) is 3.43. The number of thiazole rings is 1. The maximum atomic E-state index is 9.86. The quantitative estimate of drug-likeness (QED) is 0.454. The van der Waals surface area contributed by atoms with Crippen molar-refractivity contribution in [1.82, 2.24) is 15.2 Å². The van der Waals surface area contributed by atoms with Crippen molar-refractivity contribution in [1.29, 1.82) is 10.5 Å². The van der Waals surface area contributed by atoms with Gasteiger partial charge >= 0.3 is 0 Å². The molecule has 0 radical (unpaired) electrons. The molecular formula is C24H20N6S. The predicted octanol–water partition coefficient (Wildman–Crippen LogP) is 5.65. The Bertz CT molecular complexity index is 1320. The summed E-state index contributed by atoms with van der Waals surface area (Å²) in [5.74, 6) is 0.0213. The van der Waals surface area contributed by atoms with Crippen molar-refractivity contribution in [3.63, 3.8) is 0 Å². The summed E-state index contributed by atoms with van der Waals surface area (Å²) in [6, 6.07) is 21.9. The van der Waals surface area contributed by atoms with Gasteiger partial charge in [0.15, 0.2) is 10.9 Å². The molecule has 0 aliphatic heterocycles. The van der Waals surface area contributed by atoms with Gasteiger partial charge < -0.3 is 5.32 Å². The number of nitrogens with one attached hydrogen (secondary N) is 1. The minimum absolute atomic E-state index is 0.241. The zero-order chi connectivity index (χ0) is 22.0. The first-order valence-corrected chi connectivity index (χ1v) is 10.6. The number of nitriles is 2. The molecule has 1 atom stereocenters. The molecule has 7 heteroatoms. The van der Waals surface area contributed by atoms with Crippen molar-refractivity contribution in [2.24, 2.45) is 0 Å². The predicted molar refractivity (Wildman–Crippen MR) is 122 cm³/mol. The van der Waals surface area contributed by atoms with E-state index >= 15 is 0 Å². The fraction of sp³-hybridized carbons (Fsp3) is 0.208. The summed E-state index contributed by atoms with van der Waals surface area (Å²) in [6.45, 7) is 6.09. The number of fused-ring (bicyclic) bond motifs is 1. The van der Waals surface area contributed by atoms with E-state index in [9.17, 15) is 10.5 Å². The standard InChI is InChI=1S/C24H20N6S/c1-24(2,3)21-19(14-26)31-23(27-21)28-22-17-12-8-7-11-16(17)20(29-30-22)18(13-25)15-9-5-4-6-10-15/h4-12,18H,1-3H3,(H,27,28,30). The number of hydrogen-bond donors (Lipinski definition) is 1. The smallest absolute Gasteiger partial charge is 0.189 e. The van der Waals surface area contributed by atoms with Gasteiger partial charge in [0, 0.05) is 16.2 Å². The summed E-state index contributed by atoms with van der Waals surface area (Å²) < 4.78 is 0. The van der Waals surface area contributed by atoms with E-state index in [1.807, 2.05) is 75.4 Å². The molecule has 2 aromatic heterocycles. The molecule has 31 heavy (non-hydrogen) atoms. The molecule has 0 fully saturated rings. The van der Waals surface area contributed by atoms with Crippen LogP contribution in [0.25, 0.3) is 10.8 Å². The van der Waals surface area contributed by atoms with E-state index in [0.717, 1.165) is 22.0 Å². The van der Waals surface area contributed by atoms with Crippen LogP contribution in [0.5, 0.6) is 0 Å². The zero-order valence-electron chi connectivity index (χ0n) is 17.4. The molecule has 0 aliphatic rings. The maximum Gasteiger partial charge on any atom is 0.189 e. The van der Waals surface area contributed by atoms with E-state index in [-0.39, 0.29) is 5.41 Å². The molecular weight excluding hydrogens is 404 g/mol. The van der Waals surface area contributed by atoms with Gasteiger partial charge in [-0.05, 0) is 5.56 Å². The lowest BCUT2D eigenvalue weighted by atomic mass is 9.91. The van der Waals surface area contributed by atoms with Crippen LogP contribution in [0.3, 0.4) is 0 Å². The summed E-state index contributed by atoms with van der Waals surface area (Å²) >= 11 is 1.30. The number of aromatic nitrogens is 3.